The van der Waals surface area contributed by atoms with Gasteiger partial charge in [0.05, 0.1) is 42.9 Å². The molecule has 36 heavy (non-hydrogen) atoms. The van der Waals surface area contributed by atoms with E-state index in [9.17, 15) is 17.6 Å². The zero-order chi connectivity index (χ0) is 25.0. The van der Waals surface area contributed by atoms with E-state index in [4.69, 9.17) is 0 Å². The van der Waals surface area contributed by atoms with E-state index in [2.05, 4.69) is 32.3 Å². The zero-order valence-corrected chi connectivity index (χ0v) is 20.3. The van der Waals surface area contributed by atoms with Gasteiger partial charge >= 0.3 is 6.18 Å². The largest absolute Gasteiger partial charge is 0.401 e. The molecule has 4 heterocycles. The fourth-order valence-electron chi connectivity index (χ4n) is 6.04. The number of H-pyrrole nitrogens is 1. The number of likely N-dealkylation sites (tertiary alicyclic amines) is 1. The molecule has 2 aromatic heterocycles. The third kappa shape index (κ3) is 4.36. The summed E-state index contributed by atoms with van der Waals surface area (Å²) >= 11 is 0. The maximum absolute atomic E-state index is 13.7. The summed E-state index contributed by atoms with van der Waals surface area (Å²) in [5, 5.41) is 4.57. The number of anilines is 1. The number of aromatic amines is 1. The van der Waals surface area contributed by atoms with Gasteiger partial charge in [-0.2, -0.15) is 13.2 Å². The van der Waals surface area contributed by atoms with Crippen LogP contribution in [0.25, 0.3) is 10.9 Å². The number of rotatable bonds is 7. The van der Waals surface area contributed by atoms with Crippen LogP contribution in [0.1, 0.15) is 47.5 Å². The van der Waals surface area contributed by atoms with Gasteiger partial charge in [0.25, 0.3) is 0 Å². The van der Waals surface area contributed by atoms with E-state index in [1.54, 1.807) is 6.20 Å². The van der Waals surface area contributed by atoms with Crippen LogP contribution in [-0.2, 0) is 19.3 Å². The summed E-state index contributed by atoms with van der Waals surface area (Å²) in [5.41, 5.74) is 7.07. The smallest absolute Gasteiger partial charge is 0.378 e. The van der Waals surface area contributed by atoms with Crippen LogP contribution in [0.3, 0.4) is 0 Å². The minimum absolute atomic E-state index is 0.270. The molecular formula is C27H31F4N5. The van der Waals surface area contributed by atoms with Crippen molar-refractivity contribution in [3.8, 4) is 0 Å². The first kappa shape index (κ1) is 23.7. The summed E-state index contributed by atoms with van der Waals surface area (Å²) in [6.45, 7) is 3.06. The average molecular weight is 502 g/mol. The quantitative estimate of drug-likeness (QED) is 0.447. The molecule has 6 rings (SSSR count). The number of hydrogen-bond donors (Lipinski definition) is 2. The molecule has 1 aliphatic carbocycles. The number of pyridine rings is 1. The Morgan fingerprint density at radius 2 is 1.92 bits per heavy atom. The molecule has 0 unspecified atom stereocenters. The molecule has 2 atom stereocenters. The molecule has 1 fully saturated rings. The predicted octanol–water partition coefficient (Wildman–Crippen LogP) is 5.02. The van der Waals surface area contributed by atoms with E-state index in [-0.39, 0.29) is 18.8 Å². The number of benzene rings is 1. The van der Waals surface area contributed by atoms with Crippen LogP contribution in [0.5, 0.6) is 0 Å². The molecule has 2 N–H and O–H groups in total. The van der Waals surface area contributed by atoms with Crippen LogP contribution in [0.2, 0.25) is 0 Å². The molecule has 1 saturated heterocycles. The fourth-order valence-corrected chi connectivity index (χ4v) is 6.04. The van der Waals surface area contributed by atoms with Crippen LogP contribution in [-0.4, -0.2) is 70.9 Å². The van der Waals surface area contributed by atoms with Crippen LogP contribution in [0, 0.1) is 0 Å². The van der Waals surface area contributed by atoms with Crippen LogP contribution >= 0.6 is 0 Å². The highest BCUT2D eigenvalue weighted by Gasteiger charge is 2.42. The lowest BCUT2D eigenvalue weighted by Gasteiger charge is -2.41. The van der Waals surface area contributed by atoms with Gasteiger partial charge in [0, 0.05) is 42.3 Å². The lowest BCUT2D eigenvalue weighted by atomic mass is 9.85. The van der Waals surface area contributed by atoms with Gasteiger partial charge in [0.15, 0.2) is 0 Å². The highest BCUT2D eigenvalue weighted by molar-refractivity contribution is 5.87. The second kappa shape index (κ2) is 9.03. The molecule has 9 heteroatoms. The van der Waals surface area contributed by atoms with Crippen molar-refractivity contribution in [2.45, 2.75) is 56.9 Å². The molecule has 5 nitrogen and oxygen atoms in total. The lowest BCUT2D eigenvalue weighted by molar-refractivity contribution is -0.155. The number of fused-ring (bicyclic) bond motifs is 4. The maximum atomic E-state index is 13.7. The summed E-state index contributed by atoms with van der Waals surface area (Å²) in [6, 6.07) is 7.54. The van der Waals surface area contributed by atoms with Crippen molar-refractivity contribution in [2.24, 2.45) is 0 Å². The van der Waals surface area contributed by atoms with Crippen molar-refractivity contribution in [3.63, 3.8) is 0 Å². The van der Waals surface area contributed by atoms with Gasteiger partial charge in [0.1, 0.15) is 0 Å². The molecule has 0 saturated carbocycles. The van der Waals surface area contributed by atoms with Gasteiger partial charge in [-0.1, -0.05) is 0 Å². The Bertz CT molecular complexity index is 1250. The van der Waals surface area contributed by atoms with Crippen molar-refractivity contribution in [1.82, 2.24) is 19.8 Å². The number of aryl methyl sites for hydroxylation is 2. The summed E-state index contributed by atoms with van der Waals surface area (Å²) in [6.07, 6.45) is 0.654. The van der Waals surface area contributed by atoms with Gasteiger partial charge in [-0.25, -0.2) is 0 Å². The van der Waals surface area contributed by atoms with Crippen molar-refractivity contribution in [1.29, 1.82) is 0 Å². The van der Waals surface area contributed by atoms with Gasteiger partial charge < -0.3 is 10.3 Å². The first-order chi connectivity index (χ1) is 17.3. The normalized spacial score (nSPS) is 22.7. The second-order valence-corrected chi connectivity index (χ2v) is 10.5. The van der Waals surface area contributed by atoms with Gasteiger partial charge in [-0.05, 0) is 73.6 Å². The summed E-state index contributed by atoms with van der Waals surface area (Å²) in [7, 11) is 0. The summed E-state index contributed by atoms with van der Waals surface area (Å²) < 4.78 is 53.3. The SMILES string of the molecule is C[C@H]1Cc2c([nH]c3cc4c(cc23)CC4)[C@H](c2ccc(NC3CN(CCCF)C3)cn2)N1CC(F)(F)F. The Labute approximate surface area is 207 Å². The summed E-state index contributed by atoms with van der Waals surface area (Å²) in [5.74, 6) is 0. The fraction of sp³-hybridized carbons (Fsp3) is 0.519. The Morgan fingerprint density at radius 1 is 1.14 bits per heavy atom. The predicted molar refractivity (Wildman–Crippen MR) is 132 cm³/mol. The molecule has 0 radical (unpaired) electrons. The van der Waals surface area contributed by atoms with Crippen molar-refractivity contribution < 1.29 is 17.6 Å². The van der Waals surface area contributed by atoms with Crippen molar-refractivity contribution in [2.75, 3.05) is 38.2 Å². The standard InChI is InChI=1S/C27H31F4N5/c1-16-9-22-21-10-17-3-4-18(17)11-24(21)34-25(22)26(36(16)15-27(29,30)31)23-6-5-19(12-32-23)33-20-13-35(14-20)8-2-7-28/h5-6,10-12,16,20,26,33-34H,2-4,7-9,13-15H2,1H3/t16-,26-/m0/s1. The number of halogens is 4. The topological polar surface area (TPSA) is 47.2 Å². The molecule has 2 aliphatic heterocycles. The number of alkyl halides is 4. The molecule has 1 aromatic carbocycles. The van der Waals surface area contributed by atoms with Crippen LogP contribution < -0.4 is 5.32 Å². The average Bonchev–Trinajstić information content (AvgIpc) is 3.13. The Hall–Kier alpha value is -2.65. The van der Waals surface area contributed by atoms with Gasteiger partial charge in [0.2, 0.25) is 0 Å². The third-order valence-electron chi connectivity index (χ3n) is 7.96. The first-order valence-electron chi connectivity index (χ1n) is 12.8. The van der Waals surface area contributed by atoms with Gasteiger partial charge in [-0.15, -0.1) is 0 Å². The molecule has 0 bridgehead atoms. The Kier molecular flexibility index (Phi) is 5.95. The third-order valence-corrected chi connectivity index (χ3v) is 7.96. The molecule has 192 valence electrons. The van der Waals surface area contributed by atoms with E-state index in [1.165, 1.54) is 16.0 Å². The molecule has 3 aromatic rings. The van der Waals surface area contributed by atoms with E-state index in [1.807, 2.05) is 19.1 Å². The zero-order valence-electron chi connectivity index (χ0n) is 20.3. The Morgan fingerprint density at radius 3 is 2.58 bits per heavy atom. The summed E-state index contributed by atoms with van der Waals surface area (Å²) in [4.78, 5) is 11.9. The minimum Gasteiger partial charge on any atom is -0.378 e. The number of nitrogens with one attached hydrogen (secondary N) is 2. The van der Waals surface area contributed by atoms with E-state index in [0.29, 0.717) is 18.5 Å². The van der Waals surface area contributed by atoms with Crippen molar-refractivity contribution >= 4 is 16.6 Å². The molecule has 0 amide bonds. The monoisotopic (exact) mass is 501 g/mol. The van der Waals surface area contributed by atoms with Crippen molar-refractivity contribution in [3.05, 3.63) is 58.5 Å². The number of aromatic nitrogens is 2. The highest BCUT2D eigenvalue weighted by atomic mass is 19.4. The van der Waals surface area contributed by atoms with Crippen LogP contribution in [0.15, 0.2) is 30.5 Å². The van der Waals surface area contributed by atoms with Crippen LogP contribution in [0.4, 0.5) is 23.2 Å². The van der Waals surface area contributed by atoms with E-state index >= 15 is 0 Å². The van der Waals surface area contributed by atoms with E-state index in [0.717, 1.165) is 60.3 Å². The second-order valence-electron chi connectivity index (χ2n) is 10.5. The maximum Gasteiger partial charge on any atom is 0.401 e. The lowest BCUT2D eigenvalue weighted by Crippen LogP contribution is -2.54. The highest BCUT2D eigenvalue weighted by Crippen LogP contribution is 2.43. The van der Waals surface area contributed by atoms with E-state index < -0.39 is 18.8 Å². The Balaban J connectivity index is 1.29. The molecular weight excluding hydrogens is 470 g/mol. The first-order valence-corrected chi connectivity index (χ1v) is 12.8. The number of hydrogen-bond acceptors (Lipinski definition) is 4. The minimum atomic E-state index is -4.31. The molecule has 3 aliphatic rings. The number of nitrogens with zero attached hydrogens (tertiary/aromatic N) is 3. The molecule has 0 spiro atoms. The van der Waals surface area contributed by atoms with Gasteiger partial charge in [-0.3, -0.25) is 19.2 Å².